The van der Waals surface area contributed by atoms with Gasteiger partial charge < -0.3 is 0 Å². The molecule has 1 aliphatic rings. The van der Waals surface area contributed by atoms with Crippen molar-refractivity contribution in [2.24, 2.45) is 0 Å². The second-order valence-corrected chi connectivity index (χ2v) is 14.3. The Kier molecular flexibility index (Phi) is 5.31. The average Bonchev–Trinajstić information content (AvgIpc) is 3.58. The maximum Gasteiger partial charge on any atom is 0.0361 e. The second-order valence-electron chi connectivity index (χ2n) is 13.2. The number of hydrogen-bond donors (Lipinski definition) is 0. The first-order chi connectivity index (χ1) is 22.6. The van der Waals surface area contributed by atoms with Gasteiger partial charge in [-0.25, -0.2) is 0 Å². The van der Waals surface area contributed by atoms with E-state index >= 15 is 0 Å². The molecule has 0 amide bonds. The third-order valence-electron chi connectivity index (χ3n) is 10.4. The molecule has 46 heavy (non-hydrogen) atoms. The molecular weight excluding hydrogens is 573 g/mol. The first-order valence-electron chi connectivity index (χ1n) is 16.1. The highest BCUT2D eigenvalue weighted by atomic mass is 32.1. The molecule has 0 saturated heterocycles. The van der Waals surface area contributed by atoms with E-state index in [9.17, 15) is 0 Å². The zero-order valence-electron chi connectivity index (χ0n) is 25.8. The second kappa shape index (κ2) is 9.39. The summed E-state index contributed by atoms with van der Waals surface area (Å²) in [6, 6.07) is 54.4. The fraction of sp³-hybridized carbons (Fsp3) is 0.0667. The highest BCUT2D eigenvalue weighted by molar-refractivity contribution is 7.26. The van der Waals surface area contributed by atoms with Gasteiger partial charge in [0.25, 0.3) is 0 Å². The van der Waals surface area contributed by atoms with Crippen molar-refractivity contribution in [1.29, 1.82) is 0 Å². The van der Waals surface area contributed by atoms with E-state index in [2.05, 4.69) is 159 Å². The Morgan fingerprint density at radius 2 is 1.00 bits per heavy atom. The Hall–Kier alpha value is -5.24. The van der Waals surface area contributed by atoms with E-state index in [0.717, 1.165) is 0 Å². The van der Waals surface area contributed by atoms with Crippen LogP contribution < -0.4 is 0 Å². The summed E-state index contributed by atoms with van der Waals surface area (Å²) >= 11 is 1.92. The molecule has 0 aliphatic heterocycles. The van der Waals surface area contributed by atoms with Gasteiger partial charge in [0.15, 0.2) is 0 Å². The molecule has 1 aliphatic carbocycles. The van der Waals surface area contributed by atoms with Gasteiger partial charge in [-0.15, -0.1) is 11.3 Å². The quantitative estimate of drug-likeness (QED) is 0.173. The van der Waals surface area contributed by atoms with E-state index < -0.39 is 0 Å². The number of benzene rings is 8. The highest BCUT2D eigenvalue weighted by Crippen LogP contribution is 2.54. The lowest BCUT2D eigenvalue weighted by atomic mass is 9.80. The summed E-state index contributed by atoms with van der Waals surface area (Å²) in [5, 5.41) is 10.6. The first kappa shape index (κ1) is 26.0. The molecule has 1 heteroatoms. The molecule has 0 unspecified atom stereocenters. The van der Waals surface area contributed by atoms with E-state index in [1.54, 1.807) is 0 Å². The summed E-state index contributed by atoms with van der Waals surface area (Å²) in [7, 11) is 0. The van der Waals surface area contributed by atoms with Crippen LogP contribution >= 0.6 is 11.3 Å². The van der Waals surface area contributed by atoms with Crippen LogP contribution in [0.5, 0.6) is 0 Å². The standard InChI is InChI=1S/C45H30S/c1-45(2)38-24-29(43-34-18-10-8-16-32(34)42(28-13-4-3-5-14-28)33-17-9-11-19-35(33)43)20-22-31(38)36-25-37-41(26-39(36)45)46-40-23-21-27-12-6-7-15-30(27)44(37)40/h3-26H,1-2H3. The van der Waals surface area contributed by atoms with Gasteiger partial charge in [-0.05, 0) is 101 Å². The molecule has 1 heterocycles. The van der Waals surface area contributed by atoms with Crippen molar-refractivity contribution in [3.05, 3.63) is 157 Å². The lowest BCUT2D eigenvalue weighted by molar-refractivity contribution is 0.661. The fourth-order valence-electron chi connectivity index (χ4n) is 8.28. The van der Waals surface area contributed by atoms with Crippen LogP contribution in [0.25, 0.3) is 85.9 Å². The Morgan fingerprint density at radius 1 is 0.413 bits per heavy atom. The van der Waals surface area contributed by atoms with E-state index in [4.69, 9.17) is 0 Å². The fourth-order valence-corrected chi connectivity index (χ4v) is 9.43. The molecule has 0 N–H and O–H groups in total. The largest absolute Gasteiger partial charge is 0.135 e. The van der Waals surface area contributed by atoms with Gasteiger partial charge in [0, 0.05) is 25.6 Å². The summed E-state index contributed by atoms with van der Waals surface area (Å²) in [5.41, 5.74) is 10.6. The molecule has 9 aromatic rings. The third kappa shape index (κ3) is 3.49. The minimum atomic E-state index is -0.108. The smallest absolute Gasteiger partial charge is 0.0361 e. The normalized spacial score (nSPS) is 13.6. The van der Waals surface area contributed by atoms with Gasteiger partial charge >= 0.3 is 0 Å². The Balaban J connectivity index is 1.23. The van der Waals surface area contributed by atoms with Crippen LogP contribution in [-0.2, 0) is 5.41 Å². The maximum atomic E-state index is 2.49. The molecule has 8 aromatic carbocycles. The minimum absolute atomic E-state index is 0.108. The Morgan fingerprint density at radius 3 is 1.70 bits per heavy atom. The summed E-state index contributed by atoms with van der Waals surface area (Å²) < 4.78 is 2.74. The topological polar surface area (TPSA) is 0 Å². The third-order valence-corrected chi connectivity index (χ3v) is 11.6. The van der Waals surface area contributed by atoms with Gasteiger partial charge in [-0.3, -0.25) is 0 Å². The summed E-state index contributed by atoms with van der Waals surface area (Å²) in [6.45, 7) is 4.81. The number of fused-ring (bicyclic) bond motifs is 10. The summed E-state index contributed by atoms with van der Waals surface area (Å²) in [6.07, 6.45) is 0. The van der Waals surface area contributed by atoms with Crippen LogP contribution in [0.15, 0.2) is 146 Å². The van der Waals surface area contributed by atoms with E-state index in [1.807, 2.05) is 11.3 Å². The molecule has 1 aromatic heterocycles. The van der Waals surface area contributed by atoms with Crippen molar-refractivity contribution < 1.29 is 0 Å². The van der Waals surface area contributed by atoms with E-state index in [1.165, 1.54) is 97.0 Å². The number of hydrogen-bond acceptors (Lipinski definition) is 1. The first-order valence-corrected chi connectivity index (χ1v) is 16.9. The monoisotopic (exact) mass is 602 g/mol. The summed E-state index contributed by atoms with van der Waals surface area (Å²) in [5.74, 6) is 0. The van der Waals surface area contributed by atoms with Crippen molar-refractivity contribution in [3.63, 3.8) is 0 Å². The van der Waals surface area contributed by atoms with Gasteiger partial charge in [0.05, 0.1) is 0 Å². The predicted octanol–water partition coefficient (Wildman–Crippen LogP) is 13.2. The lowest BCUT2D eigenvalue weighted by Crippen LogP contribution is -2.15. The van der Waals surface area contributed by atoms with Gasteiger partial charge in [0.2, 0.25) is 0 Å². The molecule has 0 radical (unpaired) electrons. The van der Waals surface area contributed by atoms with Crippen molar-refractivity contribution in [3.8, 4) is 33.4 Å². The zero-order chi connectivity index (χ0) is 30.6. The molecule has 0 bridgehead atoms. The number of rotatable bonds is 2. The molecular formula is C45H30S. The molecule has 10 rings (SSSR count). The van der Waals surface area contributed by atoms with Crippen LogP contribution in [0.1, 0.15) is 25.0 Å². The van der Waals surface area contributed by atoms with Gasteiger partial charge in [0.1, 0.15) is 0 Å². The molecule has 0 saturated carbocycles. The number of thiophene rings is 1. The zero-order valence-corrected chi connectivity index (χ0v) is 26.6. The molecule has 0 atom stereocenters. The SMILES string of the molecule is CC1(C)c2cc(-c3c4ccccc4c(-c4ccccc4)c4ccccc34)ccc2-c2cc3c(cc21)sc1ccc2ccccc2c13. The van der Waals surface area contributed by atoms with Crippen molar-refractivity contribution >= 4 is 63.8 Å². The van der Waals surface area contributed by atoms with Crippen molar-refractivity contribution in [1.82, 2.24) is 0 Å². The maximum absolute atomic E-state index is 2.49. The Labute approximate surface area is 272 Å². The average molecular weight is 603 g/mol. The van der Waals surface area contributed by atoms with Crippen LogP contribution in [0.3, 0.4) is 0 Å². The molecule has 0 spiro atoms. The van der Waals surface area contributed by atoms with Crippen LogP contribution in [-0.4, -0.2) is 0 Å². The van der Waals surface area contributed by atoms with Crippen LogP contribution in [0.4, 0.5) is 0 Å². The lowest BCUT2D eigenvalue weighted by Gasteiger charge is -2.23. The van der Waals surface area contributed by atoms with E-state index in [0.29, 0.717) is 0 Å². The molecule has 216 valence electrons. The summed E-state index contributed by atoms with van der Waals surface area (Å²) in [4.78, 5) is 0. The van der Waals surface area contributed by atoms with Gasteiger partial charge in [-0.2, -0.15) is 0 Å². The Bertz CT molecular complexity index is 2650. The van der Waals surface area contributed by atoms with Gasteiger partial charge in [-0.1, -0.05) is 135 Å². The van der Waals surface area contributed by atoms with Crippen LogP contribution in [0, 0.1) is 0 Å². The van der Waals surface area contributed by atoms with Crippen molar-refractivity contribution in [2.75, 3.05) is 0 Å². The minimum Gasteiger partial charge on any atom is -0.135 e. The van der Waals surface area contributed by atoms with Crippen molar-refractivity contribution in [2.45, 2.75) is 19.3 Å². The van der Waals surface area contributed by atoms with Crippen LogP contribution in [0.2, 0.25) is 0 Å². The van der Waals surface area contributed by atoms with E-state index in [-0.39, 0.29) is 5.41 Å². The predicted molar refractivity (Wildman–Crippen MR) is 200 cm³/mol. The molecule has 0 fully saturated rings. The highest BCUT2D eigenvalue weighted by Gasteiger charge is 2.36. The molecule has 0 nitrogen and oxygen atoms in total.